The Morgan fingerprint density at radius 1 is 0.870 bits per heavy atom. The van der Waals surface area contributed by atoms with Gasteiger partial charge in [-0.15, -0.1) is 0 Å². The van der Waals surface area contributed by atoms with Crippen molar-refractivity contribution in [3.8, 4) is 0 Å². The van der Waals surface area contributed by atoms with Crippen LogP contribution in [0.1, 0.15) is 90.4 Å². The summed E-state index contributed by atoms with van der Waals surface area (Å²) in [5.41, 5.74) is 0. The van der Waals surface area contributed by atoms with E-state index in [-0.39, 0.29) is 0 Å². The SMILES string of the molecule is CCCCCCCCCCCCCCOC1CCOC1.[I][V][I]. The van der Waals surface area contributed by atoms with Crippen LogP contribution in [0.5, 0.6) is 0 Å². The molecule has 1 rings (SSSR count). The Hall–Kier alpha value is 1.96. The fraction of sp³-hybridized carbons (Fsp3) is 1.00. The molecule has 1 heterocycles. The van der Waals surface area contributed by atoms with Crippen molar-refractivity contribution in [3.05, 3.63) is 0 Å². The van der Waals surface area contributed by atoms with Crippen molar-refractivity contribution in [2.24, 2.45) is 0 Å². The van der Waals surface area contributed by atoms with Gasteiger partial charge in [0.2, 0.25) is 0 Å². The molecule has 1 aliphatic rings. The Kier molecular flexibility index (Phi) is 23.9. The van der Waals surface area contributed by atoms with Crippen LogP contribution in [-0.4, -0.2) is 25.9 Å². The molecule has 0 saturated carbocycles. The van der Waals surface area contributed by atoms with Crippen molar-refractivity contribution in [1.82, 2.24) is 0 Å². The van der Waals surface area contributed by atoms with Gasteiger partial charge in [-0.25, -0.2) is 0 Å². The minimum atomic E-state index is 0.391. The van der Waals surface area contributed by atoms with E-state index < -0.39 is 0 Å². The van der Waals surface area contributed by atoms with Crippen LogP contribution in [0.15, 0.2) is 0 Å². The molecule has 0 N–H and O–H groups in total. The van der Waals surface area contributed by atoms with E-state index in [0.29, 0.717) is 15.6 Å². The summed E-state index contributed by atoms with van der Waals surface area (Å²) in [7, 11) is 0.628. The van der Waals surface area contributed by atoms with Gasteiger partial charge in [0.25, 0.3) is 0 Å². The molecule has 2 nitrogen and oxygen atoms in total. The van der Waals surface area contributed by atoms with Crippen molar-refractivity contribution in [3.63, 3.8) is 0 Å². The van der Waals surface area contributed by atoms with E-state index in [0.717, 1.165) is 26.2 Å². The first-order valence-electron chi connectivity index (χ1n) is 9.46. The van der Waals surface area contributed by atoms with Gasteiger partial charge in [0.05, 0.1) is 12.7 Å². The molecule has 1 atom stereocenters. The van der Waals surface area contributed by atoms with Crippen LogP contribution in [-0.2, 0) is 18.9 Å². The van der Waals surface area contributed by atoms with Crippen molar-refractivity contribution in [2.75, 3.05) is 19.8 Å². The predicted octanol–water partition coefficient (Wildman–Crippen LogP) is 7.26. The first-order valence-corrected chi connectivity index (χ1v) is 18.5. The third kappa shape index (κ3) is 20.1. The average molecular weight is 589 g/mol. The Labute approximate surface area is 173 Å². The Bertz CT molecular complexity index is 215. The van der Waals surface area contributed by atoms with Gasteiger partial charge in [0.15, 0.2) is 0 Å². The van der Waals surface area contributed by atoms with Gasteiger partial charge in [0, 0.05) is 13.2 Å². The second-order valence-electron chi connectivity index (χ2n) is 6.31. The standard InChI is InChI=1S/C18H36O2.2HI.V/c1-2-3-4-5-6-7-8-9-10-11-12-13-15-20-18-14-16-19-17-18;;;/h18H,2-17H2,1H3;2*1H;/q;;;+2/p-2. The third-order valence-electron chi connectivity index (χ3n) is 4.24. The second kappa shape index (κ2) is 22.0. The number of halogens is 2. The minimum absolute atomic E-state index is 0.391. The van der Waals surface area contributed by atoms with Crippen LogP contribution in [0.25, 0.3) is 0 Å². The zero-order valence-corrected chi connectivity index (χ0v) is 20.6. The fourth-order valence-electron chi connectivity index (χ4n) is 2.84. The molecular weight excluding hydrogens is 553 g/mol. The van der Waals surface area contributed by atoms with Gasteiger partial charge in [-0.1, -0.05) is 77.6 Å². The van der Waals surface area contributed by atoms with Crippen LogP contribution < -0.4 is 0 Å². The third-order valence-corrected chi connectivity index (χ3v) is 4.24. The molecule has 5 heteroatoms. The Balaban J connectivity index is 0.00000149. The van der Waals surface area contributed by atoms with E-state index in [4.69, 9.17) is 9.47 Å². The molecule has 1 saturated heterocycles. The van der Waals surface area contributed by atoms with Crippen LogP contribution in [0.3, 0.4) is 0 Å². The molecule has 139 valence electrons. The molecule has 23 heavy (non-hydrogen) atoms. The van der Waals surface area contributed by atoms with Crippen LogP contribution in [0.4, 0.5) is 0 Å². The Morgan fingerprint density at radius 3 is 1.78 bits per heavy atom. The van der Waals surface area contributed by atoms with Crippen molar-refractivity contribution >= 4 is 40.0 Å². The number of hydrogen-bond acceptors (Lipinski definition) is 2. The first-order chi connectivity index (χ1) is 11.3. The fourth-order valence-corrected chi connectivity index (χ4v) is 2.84. The van der Waals surface area contributed by atoms with E-state index in [9.17, 15) is 0 Å². The summed E-state index contributed by atoms with van der Waals surface area (Å²) in [5, 5.41) is 0. The number of unbranched alkanes of at least 4 members (excludes halogenated alkanes) is 11. The summed E-state index contributed by atoms with van der Waals surface area (Å²) in [4.78, 5) is 0. The molecule has 1 aliphatic heterocycles. The normalized spacial score (nSPS) is 16.9. The zero-order valence-electron chi connectivity index (χ0n) is 14.9. The molecule has 0 aromatic carbocycles. The van der Waals surface area contributed by atoms with Crippen molar-refractivity contribution in [2.45, 2.75) is 96.5 Å². The summed E-state index contributed by atoms with van der Waals surface area (Å²) in [6.07, 6.45) is 18.3. The summed E-state index contributed by atoms with van der Waals surface area (Å²) in [6.45, 7) is 4.93. The van der Waals surface area contributed by atoms with Gasteiger partial charge < -0.3 is 9.47 Å². The maximum atomic E-state index is 5.77. The zero-order chi connectivity index (χ0) is 17.0. The van der Waals surface area contributed by atoms with E-state index in [2.05, 4.69) is 46.9 Å². The van der Waals surface area contributed by atoms with E-state index in [1.54, 1.807) is 0 Å². The van der Waals surface area contributed by atoms with Gasteiger partial charge in [-0.3, -0.25) is 0 Å². The van der Waals surface area contributed by atoms with Crippen LogP contribution >= 0.6 is 40.0 Å². The monoisotopic (exact) mass is 589 g/mol. The van der Waals surface area contributed by atoms with Crippen molar-refractivity contribution < 1.29 is 18.9 Å². The van der Waals surface area contributed by atoms with Crippen LogP contribution in [0.2, 0.25) is 0 Å². The van der Waals surface area contributed by atoms with E-state index >= 15 is 0 Å². The van der Waals surface area contributed by atoms with Gasteiger partial charge in [0.1, 0.15) is 0 Å². The molecule has 0 amide bonds. The average Bonchev–Trinajstić information content (AvgIpc) is 3.06. The first kappa shape index (κ1) is 25.0. The quantitative estimate of drug-likeness (QED) is 0.157. The number of rotatable bonds is 14. The summed E-state index contributed by atoms with van der Waals surface area (Å²) >= 11 is 4.74. The summed E-state index contributed by atoms with van der Waals surface area (Å²) in [5.74, 6) is 0. The van der Waals surface area contributed by atoms with Crippen LogP contribution in [0, 0.1) is 0 Å². The molecule has 0 radical (unpaired) electrons. The molecule has 0 aromatic heterocycles. The van der Waals surface area contributed by atoms with E-state index in [1.807, 2.05) is 0 Å². The van der Waals surface area contributed by atoms with Gasteiger partial charge in [-0.05, 0) is 12.8 Å². The molecule has 0 bridgehead atoms. The van der Waals surface area contributed by atoms with Gasteiger partial charge in [-0.2, -0.15) is 0 Å². The van der Waals surface area contributed by atoms with Crippen molar-refractivity contribution in [1.29, 1.82) is 0 Å². The summed E-state index contributed by atoms with van der Waals surface area (Å²) < 4.78 is 11.1. The second-order valence-corrected chi connectivity index (χ2v) is 18.1. The van der Waals surface area contributed by atoms with E-state index in [1.165, 1.54) is 77.0 Å². The molecular formula is C18H36I2O2V. The topological polar surface area (TPSA) is 18.5 Å². The number of ether oxygens (including phenoxy) is 2. The molecule has 0 aliphatic carbocycles. The maximum absolute atomic E-state index is 5.77. The molecule has 1 fully saturated rings. The summed E-state index contributed by atoms with van der Waals surface area (Å²) in [6, 6.07) is 0. The predicted molar refractivity (Wildman–Crippen MR) is 114 cm³/mol. The number of hydrogen-bond donors (Lipinski definition) is 0. The van der Waals surface area contributed by atoms with Gasteiger partial charge >= 0.3 is 49.4 Å². The molecule has 0 aromatic rings. The molecule has 1 unspecified atom stereocenters. The Morgan fingerprint density at radius 2 is 1.35 bits per heavy atom. The molecule has 0 spiro atoms.